The molecule has 23 heavy (non-hydrogen) atoms. The van der Waals surface area contributed by atoms with E-state index in [1.165, 1.54) is 22.3 Å². The van der Waals surface area contributed by atoms with Crippen LogP contribution >= 0.6 is 24.8 Å². The summed E-state index contributed by atoms with van der Waals surface area (Å²) in [5.41, 5.74) is 5.79. The van der Waals surface area contributed by atoms with Crippen molar-refractivity contribution in [1.29, 1.82) is 0 Å². The van der Waals surface area contributed by atoms with Crippen molar-refractivity contribution in [2.45, 2.75) is 45.1 Å². The van der Waals surface area contributed by atoms with Gasteiger partial charge in [-0.25, -0.2) is 0 Å². The minimum atomic E-state index is -3.03. The fourth-order valence-electron chi connectivity index (χ4n) is 3.89. The first-order valence-electron chi connectivity index (χ1n) is 7.88. The average Bonchev–Trinajstić information content (AvgIpc) is 2.53. The van der Waals surface area contributed by atoms with Gasteiger partial charge in [0.05, 0.1) is 0 Å². The Hall–Kier alpha value is 0.0112. The molecule has 1 aliphatic rings. The Morgan fingerprint density at radius 1 is 1.00 bits per heavy atom. The van der Waals surface area contributed by atoms with Crippen molar-refractivity contribution < 1.29 is 18.3 Å². The first-order chi connectivity index (χ1) is 9.51. The van der Waals surface area contributed by atoms with Crippen molar-refractivity contribution in [1.82, 2.24) is 0 Å². The van der Waals surface area contributed by atoms with Crippen LogP contribution in [-0.2, 0) is 14.9 Å². The summed E-state index contributed by atoms with van der Waals surface area (Å²) in [6, 6.07) is 8.52. The molecule has 0 saturated heterocycles. The Morgan fingerprint density at radius 3 is 2.00 bits per heavy atom. The maximum absolute atomic E-state index is 6.76. The molecular formula is C18H31Cl2OSiTi. The molecule has 0 aliphatic heterocycles. The second kappa shape index (κ2) is 7.49. The molecule has 0 heterocycles. The van der Waals surface area contributed by atoms with Gasteiger partial charge in [-0.05, 0) is 0 Å². The number of benzene rings is 1. The Balaban J connectivity index is 0.00000242. The predicted octanol–water partition coefficient (Wildman–Crippen LogP) is 5.46. The van der Waals surface area contributed by atoms with E-state index in [4.69, 9.17) is 3.32 Å². The number of allylic oxidation sites excluding steroid dienone is 4. The van der Waals surface area contributed by atoms with Crippen LogP contribution < -0.4 is 3.32 Å². The zero-order valence-electron chi connectivity index (χ0n) is 15.6. The fourth-order valence-corrected chi connectivity index (χ4v) is 14.8. The van der Waals surface area contributed by atoms with Crippen molar-refractivity contribution >= 4 is 32.9 Å². The Bertz CT molecular complexity index is 656. The molecule has 0 fully saturated rings. The summed E-state index contributed by atoms with van der Waals surface area (Å²) in [5, 5.41) is 4.90. The van der Waals surface area contributed by atoms with E-state index in [1.807, 2.05) is 0 Å². The van der Waals surface area contributed by atoms with E-state index in [-0.39, 0.29) is 24.8 Å². The van der Waals surface area contributed by atoms with Crippen molar-refractivity contribution in [3.63, 3.8) is 0 Å². The van der Waals surface area contributed by atoms with Gasteiger partial charge in [0.2, 0.25) is 0 Å². The zero-order valence-corrected chi connectivity index (χ0v) is 20.8. The molecule has 131 valence electrons. The van der Waals surface area contributed by atoms with Gasteiger partial charge in [0.15, 0.2) is 0 Å². The average molecular weight is 410 g/mol. The molecule has 1 aromatic rings. The van der Waals surface area contributed by atoms with E-state index >= 15 is 0 Å². The van der Waals surface area contributed by atoms with Gasteiger partial charge in [0.1, 0.15) is 0 Å². The van der Waals surface area contributed by atoms with Crippen molar-refractivity contribution in [2.75, 3.05) is 0 Å². The standard InChI is InChI=1S/C9H13.C7H8O.2CH3.2ClH.H3Si.Ti/c1-6-5-7(2)9(4)8(6)3;1-6-3-2-4-7(8)5-6;;;;;;/h6H,1-4H3;2-5,8H,1H3;2*1H3;2*1H;1H3;/q;;;;;;;+1/p-1. The molecule has 5 heteroatoms. The number of rotatable bonds is 3. The van der Waals surface area contributed by atoms with Crippen LogP contribution in [0.2, 0.25) is 10.5 Å². The second-order valence-electron chi connectivity index (χ2n) is 7.95. The van der Waals surface area contributed by atoms with Crippen LogP contribution in [0.1, 0.15) is 33.3 Å². The largest absolute Gasteiger partial charge is 0.147 e. The molecule has 1 unspecified atom stereocenters. The SMILES string of the molecule is CC1=C(C)C(C)[C]([Ti]([CH3])([CH3])([SiH3])[O]c2cccc(C)c2)=C1C.Cl.Cl. The minimum absolute atomic E-state index is 0. The van der Waals surface area contributed by atoms with E-state index in [0.717, 1.165) is 13.9 Å². The number of aryl methyl sites for hydroxylation is 1. The predicted molar refractivity (Wildman–Crippen MR) is 108 cm³/mol. The molecule has 2 rings (SSSR count). The molecular weight excluding hydrogens is 379 g/mol. The first kappa shape index (κ1) is 23.0. The van der Waals surface area contributed by atoms with Crippen LogP contribution in [-0.4, -0.2) is 8.11 Å². The summed E-state index contributed by atoms with van der Waals surface area (Å²) in [7, 11) is 1.13. The molecule has 0 aromatic heterocycles. The molecule has 0 bridgehead atoms. The van der Waals surface area contributed by atoms with Crippen molar-refractivity contribution in [2.24, 2.45) is 5.92 Å². The first-order valence-corrected chi connectivity index (χ1v) is 18.1. The third-order valence-corrected chi connectivity index (χ3v) is 13.7. The van der Waals surface area contributed by atoms with Crippen LogP contribution in [0.15, 0.2) is 44.9 Å². The van der Waals surface area contributed by atoms with Crippen LogP contribution in [0.5, 0.6) is 5.75 Å². The number of hydrogen-bond acceptors (Lipinski definition) is 1. The molecule has 1 nitrogen and oxygen atoms in total. The Kier molecular flexibility index (Phi) is 7.50. The fraction of sp³-hybridized carbons (Fsp3) is 0.444. The number of hydrogen-bond donors (Lipinski definition) is 0. The van der Waals surface area contributed by atoms with Gasteiger partial charge in [-0.1, -0.05) is 0 Å². The van der Waals surface area contributed by atoms with Gasteiger partial charge in [-0.15, -0.1) is 24.8 Å². The molecule has 1 aromatic carbocycles. The van der Waals surface area contributed by atoms with E-state index < -0.39 is 14.9 Å². The van der Waals surface area contributed by atoms with Gasteiger partial charge >= 0.3 is 134 Å². The molecule has 1 aliphatic carbocycles. The molecule has 1 atom stereocenters. The molecule has 0 N–H and O–H groups in total. The van der Waals surface area contributed by atoms with Gasteiger partial charge in [-0.2, -0.15) is 0 Å². The summed E-state index contributed by atoms with van der Waals surface area (Å²) in [5.74, 6) is 1.61. The molecule has 0 radical (unpaired) electrons. The zero-order chi connectivity index (χ0) is 16.0. The normalized spacial score (nSPS) is 19.8. The topological polar surface area (TPSA) is 9.23 Å². The quantitative estimate of drug-likeness (QED) is 0.602. The summed E-state index contributed by atoms with van der Waals surface area (Å²) in [6.45, 7) is 11.3. The van der Waals surface area contributed by atoms with Crippen LogP contribution in [0.25, 0.3) is 0 Å². The third-order valence-electron chi connectivity index (χ3n) is 5.02. The second-order valence-corrected chi connectivity index (χ2v) is 30.4. The Morgan fingerprint density at radius 2 is 1.57 bits per heavy atom. The number of halogens is 2. The van der Waals surface area contributed by atoms with Gasteiger partial charge in [0.25, 0.3) is 0 Å². The maximum atomic E-state index is 6.76. The molecule has 0 amide bonds. The maximum Gasteiger partial charge on any atom is -0.147 e. The van der Waals surface area contributed by atoms with Crippen molar-refractivity contribution in [3.05, 3.63) is 50.4 Å². The van der Waals surface area contributed by atoms with Gasteiger partial charge in [-0.3, -0.25) is 0 Å². The van der Waals surface area contributed by atoms with Crippen LogP contribution in [0.4, 0.5) is 0 Å². The smallest absolute Gasteiger partial charge is 0.147 e. The van der Waals surface area contributed by atoms with Crippen molar-refractivity contribution in [3.8, 4) is 5.75 Å². The summed E-state index contributed by atoms with van der Waals surface area (Å²) >= 11 is -3.03. The van der Waals surface area contributed by atoms with E-state index in [9.17, 15) is 0 Å². The van der Waals surface area contributed by atoms with E-state index in [0.29, 0.717) is 5.92 Å². The summed E-state index contributed by atoms with van der Waals surface area (Å²) in [6.07, 6.45) is 0. The Labute approximate surface area is 157 Å². The molecule has 0 saturated carbocycles. The van der Waals surface area contributed by atoms with Crippen LogP contribution in [0.3, 0.4) is 0 Å². The summed E-state index contributed by atoms with van der Waals surface area (Å²) in [4.78, 5) is 0. The monoisotopic (exact) mass is 409 g/mol. The van der Waals surface area contributed by atoms with Gasteiger partial charge < -0.3 is 0 Å². The molecule has 0 spiro atoms. The van der Waals surface area contributed by atoms with E-state index in [2.05, 4.69) is 69.3 Å². The third kappa shape index (κ3) is 4.55. The van der Waals surface area contributed by atoms with E-state index in [1.54, 1.807) is 3.88 Å². The minimum Gasteiger partial charge on any atom is -0.147 e. The van der Waals surface area contributed by atoms with Gasteiger partial charge in [0, 0.05) is 0 Å². The summed E-state index contributed by atoms with van der Waals surface area (Å²) < 4.78 is 8.41. The van der Waals surface area contributed by atoms with Crippen LogP contribution in [0, 0.1) is 12.8 Å².